The zero-order valence-electron chi connectivity index (χ0n) is 32.7. The standard InChI is InChI=1S/C57H38N2S/c1-4-18-40(19-5-1)57(51-31-13-10-26-47(51)48-27-11-14-32-52(48)57)41-20-16-25-45(38-41)58(42-21-6-2-7-22-42)44-36-34-39(35-37-44)46-29-17-30-50-54-56(60-55(46)50)49-28-12-15-33-53(49)59(54)43-23-8-3-9-24-43/h1-38H. The van der Waals surface area contributed by atoms with Crippen LogP contribution < -0.4 is 4.90 Å². The quantitative estimate of drug-likeness (QED) is 0.156. The van der Waals surface area contributed by atoms with Gasteiger partial charge < -0.3 is 9.47 Å². The van der Waals surface area contributed by atoms with E-state index in [-0.39, 0.29) is 0 Å². The number of fused-ring (bicyclic) bond motifs is 8. The number of para-hydroxylation sites is 3. The van der Waals surface area contributed by atoms with Crippen LogP contribution in [0, 0.1) is 0 Å². The minimum absolute atomic E-state index is 0.479. The van der Waals surface area contributed by atoms with Gasteiger partial charge in [-0.2, -0.15) is 0 Å². The molecule has 9 aromatic carbocycles. The first kappa shape index (κ1) is 34.6. The second kappa shape index (κ2) is 13.8. The Morgan fingerprint density at radius 2 is 0.917 bits per heavy atom. The van der Waals surface area contributed by atoms with E-state index in [1.54, 1.807) is 0 Å². The van der Waals surface area contributed by atoms with Crippen molar-refractivity contribution in [2.24, 2.45) is 0 Å². The zero-order chi connectivity index (χ0) is 39.6. The van der Waals surface area contributed by atoms with Gasteiger partial charge in [-0.25, -0.2) is 0 Å². The molecule has 1 aliphatic rings. The lowest BCUT2D eigenvalue weighted by Crippen LogP contribution is -2.28. The average molecular weight is 783 g/mol. The van der Waals surface area contributed by atoms with Crippen molar-refractivity contribution < 1.29 is 0 Å². The molecule has 2 heterocycles. The first-order chi connectivity index (χ1) is 29.8. The number of hydrogen-bond donors (Lipinski definition) is 0. The Morgan fingerprint density at radius 1 is 0.383 bits per heavy atom. The summed E-state index contributed by atoms with van der Waals surface area (Å²) in [5.41, 5.74) is 16.7. The molecular formula is C57H38N2S. The third-order valence-electron chi connectivity index (χ3n) is 12.5. The Bertz CT molecular complexity index is 3320. The van der Waals surface area contributed by atoms with Gasteiger partial charge in [0.05, 0.1) is 21.1 Å². The molecule has 0 unspecified atom stereocenters. The van der Waals surface area contributed by atoms with Crippen molar-refractivity contribution in [1.29, 1.82) is 0 Å². The number of benzene rings is 9. The predicted molar refractivity (Wildman–Crippen MR) is 254 cm³/mol. The summed E-state index contributed by atoms with van der Waals surface area (Å²) in [4.78, 5) is 2.40. The molecule has 11 aromatic rings. The molecule has 1 aliphatic carbocycles. The van der Waals surface area contributed by atoms with Gasteiger partial charge in [0.15, 0.2) is 0 Å². The molecule has 0 radical (unpaired) electrons. The summed E-state index contributed by atoms with van der Waals surface area (Å²) in [6.45, 7) is 0. The highest BCUT2D eigenvalue weighted by Crippen LogP contribution is 2.56. The maximum Gasteiger partial charge on any atom is 0.0727 e. The third-order valence-corrected chi connectivity index (χ3v) is 13.7. The molecular weight excluding hydrogens is 745 g/mol. The third kappa shape index (κ3) is 5.13. The number of rotatable bonds is 7. The van der Waals surface area contributed by atoms with Crippen LogP contribution in [0.5, 0.6) is 0 Å². The molecule has 0 saturated heterocycles. The van der Waals surface area contributed by atoms with Crippen LogP contribution in [0.15, 0.2) is 231 Å². The van der Waals surface area contributed by atoms with Gasteiger partial charge in [-0.3, -0.25) is 0 Å². The van der Waals surface area contributed by atoms with Gasteiger partial charge in [-0.05, 0) is 99.1 Å². The van der Waals surface area contributed by atoms with Gasteiger partial charge in [0.2, 0.25) is 0 Å². The fourth-order valence-corrected chi connectivity index (χ4v) is 11.3. The van der Waals surface area contributed by atoms with Gasteiger partial charge in [0.1, 0.15) is 0 Å². The summed E-state index contributed by atoms with van der Waals surface area (Å²) in [5, 5.41) is 2.57. The van der Waals surface area contributed by atoms with Crippen LogP contribution in [0.4, 0.5) is 17.1 Å². The number of nitrogens with zero attached hydrogens (tertiary/aromatic N) is 2. The van der Waals surface area contributed by atoms with Crippen LogP contribution in [-0.2, 0) is 5.41 Å². The van der Waals surface area contributed by atoms with E-state index in [0.29, 0.717) is 0 Å². The molecule has 0 aliphatic heterocycles. The first-order valence-corrected chi connectivity index (χ1v) is 21.4. The van der Waals surface area contributed by atoms with E-state index in [9.17, 15) is 0 Å². The molecule has 12 rings (SSSR count). The molecule has 0 atom stereocenters. The fraction of sp³-hybridized carbons (Fsp3) is 0.0175. The molecule has 0 N–H and O–H groups in total. The van der Waals surface area contributed by atoms with E-state index in [0.717, 1.165) is 17.1 Å². The van der Waals surface area contributed by atoms with E-state index >= 15 is 0 Å². The lowest BCUT2D eigenvalue weighted by Gasteiger charge is -2.35. The highest BCUT2D eigenvalue weighted by molar-refractivity contribution is 7.27. The van der Waals surface area contributed by atoms with Crippen molar-refractivity contribution in [3.63, 3.8) is 0 Å². The normalized spacial score (nSPS) is 12.8. The second-order valence-electron chi connectivity index (χ2n) is 15.6. The van der Waals surface area contributed by atoms with Gasteiger partial charge in [0.25, 0.3) is 0 Å². The Labute approximate surface area is 353 Å². The van der Waals surface area contributed by atoms with Crippen LogP contribution in [0.1, 0.15) is 22.3 Å². The SMILES string of the molecule is c1ccc(N(c2ccc(-c3cccc4c3sc3c5ccccc5n(-c5ccccc5)c43)cc2)c2cccc(C3(c4ccccc4)c4ccccc4-c4ccccc43)c2)cc1. The minimum Gasteiger partial charge on any atom is -0.310 e. The van der Waals surface area contributed by atoms with Gasteiger partial charge in [-0.1, -0.05) is 176 Å². The van der Waals surface area contributed by atoms with Gasteiger partial charge >= 0.3 is 0 Å². The summed E-state index contributed by atoms with van der Waals surface area (Å²) < 4.78 is 5.07. The molecule has 60 heavy (non-hydrogen) atoms. The Morgan fingerprint density at radius 3 is 1.65 bits per heavy atom. The molecule has 2 nitrogen and oxygen atoms in total. The summed E-state index contributed by atoms with van der Waals surface area (Å²) >= 11 is 1.90. The number of anilines is 3. The van der Waals surface area contributed by atoms with Crippen LogP contribution in [-0.4, -0.2) is 4.57 Å². The van der Waals surface area contributed by atoms with Crippen molar-refractivity contribution in [2.75, 3.05) is 4.90 Å². The second-order valence-corrected chi connectivity index (χ2v) is 16.6. The Kier molecular flexibility index (Phi) is 7.97. The van der Waals surface area contributed by atoms with E-state index < -0.39 is 5.41 Å². The van der Waals surface area contributed by atoms with Crippen molar-refractivity contribution >= 4 is 59.6 Å². The first-order valence-electron chi connectivity index (χ1n) is 20.6. The molecule has 0 fully saturated rings. The lowest BCUT2D eigenvalue weighted by molar-refractivity contribution is 0.768. The summed E-state index contributed by atoms with van der Waals surface area (Å²) in [5.74, 6) is 0. The van der Waals surface area contributed by atoms with E-state index in [4.69, 9.17) is 0 Å². The lowest BCUT2D eigenvalue weighted by atomic mass is 9.67. The molecule has 0 amide bonds. The molecule has 0 saturated carbocycles. The van der Waals surface area contributed by atoms with Crippen molar-refractivity contribution in [3.8, 4) is 27.9 Å². The van der Waals surface area contributed by atoms with Crippen molar-refractivity contribution in [2.45, 2.75) is 5.41 Å². The van der Waals surface area contributed by atoms with E-state index in [1.165, 1.54) is 81.4 Å². The van der Waals surface area contributed by atoms with Crippen LogP contribution in [0.25, 0.3) is 59.1 Å². The maximum absolute atomic E-state index is 2.44. The minimum atomic E-state index is -0.479. The maximum atomic E-state index is 2.44. The topological polar surface area (TPSA) is 8.17 Å². The summed E-state index contributed by atoms with van der Waals surface area (Å²) in [6, 6.07) is 84.4. The Hall–Kier alpha value is -7.46. The van der Waals surface area contributed by atoms with Gasteiger partial charge in [-0.15, -0.1) is 11.3 Å². The highest BCUT2D eigenvalue weighted by Gasteiger charge is 2.46. The van der Waals surface area contributed by atoms with Crippen LogP contribution >= 0.6 is 11.3 Å². The molecule has 2 aromatic heterocycles. The Balaban J connectivity index is 1.01. The van der Waals surface area contributed by atoms with E-state index in [2.05, 4.69) is 240 Å². The smallest absolute Gasteiger partial charge is 0.0727 e. The number of aromatic nitrogens is 1. The average Bonchev–Trinajstić information content (AvgIpc) is 3.96. The summed E-state index contributed by atoms with van der Waals surface area (Å²) in [6.07, 6.45) is 0. The molecule has 0 bridgehead atoms. The molecule has 0 spiro atoms. The zero-order valence-corrected chi connectivity index (χ0v) is 33.6. The molecule has 282 valence electrons. The van der Waals surface area contributed by atoms with Crippen molar-refractivity contribution in [1.82, 2.24) is 4.57 Å². The van der Waals surface area contributed by atoms with Crippen molar-refractivity contribution in [3.05, 3.63) is 253 Å². The van der Waals surface area contributed by atoms with Gasteiger partial charge in [0, 0.05) is 38.2 Å². The number of hydrogen-bond acceptors (Lipinski definition) is 2. The fourth-order valence-electron chi connectivity index (χ4n) is 9.97. The number of thiophene rings is 1. The van der Waals surface area contributed by atoms with Crippen LogP contribution in [0.2, 0.25) is 0 Å². The molecule has 3 heteroatoms. The van der Waals surface area contributed by atoms with E-state index in [1.807, 2.05) is 11.3 Å². The predicted octanol–water partition coefficient (Wildman–Crippen LogP) is 15.5. The highest BCUT2D eigenvalue weighted by atomic mass is 32.1. The van der Waals surface area contributed by atoms with Crippen LogP contribution in [0.3, 0.4) is 0 Å². The monoisotopic (exact) mass is 782 g/mol. The summed E-state index contributed by atoms with van der Waals surface area (Å²) in [7, 11) is 0. The largest absolute Gasteiger partial charge is 0.310 e.